The van der Waals surface area contributed by atoms with Gasteiger partial charge in [-0.05, 0) is 51.4 Å². The summed E-state index contributed by atoms with van der Waals surface area (Å²) in [5, 5.41) is 23.3. The van der Waals surface area contributed by atoms with Gasteiger partial charge in [0, 0.05) is 12.8 Å². The molecule has 3 N–H and O–H groups in total. The summed E-state index contributed by atoms with van der Waals surface area (Å²) < 4.78 is 5.48. The van der Waals surface area contributed by atoms with Crippen LogP contribution in [0.1, 0.15) is 328 Å². The molecule has 2 unspecified atom stereocenters. The molecule has 0 aromatic heterocycles. The Hall–Kier alpha value is -1.40. The fourth-order valence-corrected chi connectivity index (χ4v) is 9.28. The number of aliphatic hydroxyl groups excluding tert-OH is 2. The summed E-state index contributed by atoms with van der Waals surface area (Å²) in [6.07, 6.45) is 64.9. The zero-order valence-corrected chi connectivity index (χ0v) is 44.0. The number of esters is 1. The lowest BCUT2D eigenvalue weighted by Gasteiger charge is -2.22. The van der Waals surface area contributed by atoms with E-state index in [4.69, 9.17) is 4.74 Å². The zero-order chi connectivity index (χ0) is 47.2. The number of carbonyl (C=O) groups is 2. The van der Waals surface area contributed by atoms with Crippen molar-refractivity contribution in [1.82, 2.24) is 5.32 Å². The largest absolute Gasteiger partial charge is 0.466 e. The minimum atomic E-state index is -0.666. The summed E-state index contributed by atoms with van der Waals surface area (Å²) >= 11 is 0. The number of ether oxygens (including phenoxy) is 1. The molecule has 0 aromatic rings. The lowest BCUT2D eigenvalue weighted by atomic mass is 10.0. The van der Waals surface area contributed by atoms with Gasteiger partial charge in [-0.15, -0.1) is 0 Å². The molecule has 386 valence electrons. The maximum Gasteiger partial charge on any atom is 0.305 e. The number of rotatable bonds is 55. The van der Waals surface area contributed by atoms with E-state index in [2.05, 4.69) is 31.3 Å². The van der Waals surface area contributed by atoms with Crippen LogP contribution in [0.25, 0.3) is 0 Å². The highest BCUT2D eigenvalue weighted by Crippen LogP contribution is 2.18. The molecule has 0 radical (unpaired) electrons. The second-order valence-electron chi connectivity index (χ2n) is 20.3. The number of nitrogens with one attached hydrogen (secondary N) is 1. The Labute approximate surface area is 406 Å². The van der Waals surface area contributed by atoms with E-state index < -0.39 is 12.1 Å². The van der Waals surface area contributed by atoms with Gasteiger partial charge in [-0.3, -0.25) is 9.59 Å². The highest BCUT2D eigenvalue weighted by atomic mass is 16.5. The Kier molecular flexibility index (Phi) is 54.0. The fourth-order valence-electron chi connectivity index (χ4n) is 9.28. The van der Waals surface area contributed by atoms with Crippen LogP contribution in [0.2, 0.25) is 0 Å². The average molecular weight is 919 g/mol. The second kappa shape index (κ2) is 55.2. The average Bonchev–Trinajstić information content (AvgIpc) is 3.31. The number of aliphatic hydroxyl groups is 2. The molecule has 2 atom stereocenters. The Morgan fingerprint density at radius 3 is 1.09 bits per heavy atom. The molecule has 0 aliphatic rings. The van der Waals surface area contributed by atoms with Crippen molar-refractivity contribution in [2.75, 3.05) is 13.2 Å². The van der Waals surface area contributed by atoms with Gasteiger partial charge in [0.1, 0.15) is 0 Å². The molecule has 1 amide bonds. The molecular weight excluding hydrogens is 803 g/mol. The molecule has 0 spiro atoms. The van der Waals surface area contributed by atoms with Crippen LogP contribution in [0.5, 0.6) is 0 Å². The topological polar surface area (TPSA) is 95.9 Å². The van der Waals surface area contributed by atoms with Crippen LogP contribution in [0, 0.1) is 0 Å². The van der Waals surface area contributed by atoms with Crippen LogP contribution in [0.3, 0.4) is 0 Å². The van der Waals surface area contributed by atoms with E-state index in [-0.39, 0.29) is 18.5 Å². The molecule has 0 aliphatic carbocycles. The number of hydrogen-bond donors (Lipinski definition) is 3. The van der Waals surface area contributed by atoms with Gasteiger partial charge in [0.2, 0.25) is 5.91 Å². The Bertz CT molecular complexity index is 970. The molecule has 0 bridgehead atoms. The van der Waals surface area contributed by atoms with Crippen LogP contribution in [-0.2, 0) is 14.3 Å². The van der Waals surface area contributed by atoms with Crippen LogP contribution < -0.4 is 5.32 Å². The maximum atomic E-state index is 12.5. The molecule has 0 fully saturated rings. The molecule has 0 saturated heterocycles. The van der Waals surface area contributed by atoms with Gasteiger partial charge in [-0.2, -0.15) is 0 Å². The quantitative estimate of drug-likeness (QED) is 0.0321. The van der Waals surface area contributed by atoms with Crippen LogP contribution in [0.4, 0.5) is 0 Å². The molecular formula is C59H115NO5. The van der Waals surface area contributed by atoms with Gasteiger partial charge < -0.3 is 20.3 Å². The molecule has 65 heavy (non-hydrogen) atoms. The van der Waals surface area contributed by atoms with E-state index >= 15 is 0 Å². The first kappa shape index (κ1) is 63.6. The predicted octanol–water partition coefficient (Wildman–Crippen LogP) is 18.1. The van der Waals surface area contributed by atoms with E-state index in [0.717, 1.165) is 44.9 Å². The van der Waals surface area contributed by atoms with Crippen molar-refractivity contribution in [3.63, 3.8) is 0 Å². The van der Waals surface area contributed by atoms with Crippen molar-refractivity contribution in [3.05, 3.63) is 12.2 Å². The number of carbonyl (C=O) groups excluding carboxylic acids is 2. The summed E-state index contributed by atoms with van der Waals surface area (Å²) in [6.45, 7) is 4.95. The van der Waals surface area contributed by atoms with Crippen LogP contribution in [0.15, 0.2) is 12.2 Å². The molecule has 0 aliphatic heterocycles. The second-order valence-corrected chi connectivity index (χ2v) is 20.3. The minimum Gasteiger partial charge on any atom is -0.466 e. The van der Waals surface area contributed by atoms with Crippen molar-refractivity contribution < 1.29 is 24.5 Å². The van der Waals surface area contributed by atoms with Crippen molar-refractivity contribution in [2.24, 2.45) is 0 Å². The van der Waals surface area contributed by atoms with E-state index in [9.17, 15) is 19.8 Å². The predicted molar refractivity (Wildman–Crippen MR) is 283 cm³/mol. The van der Waals surface area contributed by atoms with Gasteiger partial charge in [0.25, 0.3) is 0 Å². The first-order valence-corrected chi connectivity index (χ1v) is 29.4. The summed E-state index contributed by atoms with van der Waals surface area (Å²) in [4.78, 5) is 24.5. The SMILES string of the molecule is CCCCCCCC/C=C\CCCCCCCC(=O)OCCCCCCCCCCCCCCCCCCCCC(=O)NC(CO)C(O)CCCCCCCCCCCCCCCCC. The molecule has 6 nitrogen and oxygen atoms in total. The highest BCUT2D eigenvalue weighted by molar-refractivity contribution is 5.76. The number of hydrogen-bond acceptors (Lipinski definition) is 5. The number of amides is 1. The molecule has 6 heteroatoms. The van der Waals surface area contributed by atoms with Crippen molar-refractivity contribution in [2.45, 2.75) is 341 Å². The summed E-state index contributed by atoms with van der Waals surface area (Å²) in [5.74, 6) is -0.0370. The van der Waals surface area contributed by atoms with Crippen molar-refractivity contribution >= 4 is 11.9 Å². The molecule has 0 saturated carbocycles. The van der Waals surface area contributed by atoms with E-state index in [1.165, 1.54) is 250 Å². The maximum absolute atomic E-state index is 12.5. The van der Waals surface area contributed by atoms with Gasteiger partial charge in [0.15, 0.2) is 0 Å². The Balaban J connectivity index is 3.40. The first-order chi connectivity index (χ1) is 32.0. The monoisotopic (exact) mass is 918 g/mol. The van der Waals surface area contributed by atoms with Gasteiger partial charge in [-0.25, -0.2) is 0 Å². The third-order valence-electron chi connectivity index (χ3n) is 13.8. The number of allylic oxidation sites excluding steroid dienone is 2. The minimum absolute atomic E-state index is 0.0000477. The standard InChI is InChI=1S/C59H115NO5/c1-3-5-7-9-11-13-15-17-23-27-31-35-39-43-47-51-57(62)56(55-61)60-58(63)52-48-44-40-36-32-28-25-21-19-20-22-26-30-34-38-42-46-50-54-65-59(64)53-49-45-41-37-33-29-24-18-16-14-12-10-8-6-4-2/h18,24,56-57,61-62H,3-17,19-23,25-55H2,1-2H3,(H,60,63)/b24-18-. The highest BCUT2D eigenvalue weighted by Gasteiger charge is 2.20. The Morgan fingerprint density at radius 2 is 0.723 bits per heavy atom. The van der Waals surface area contributed by atoms with Crippen LogP contribution >= 0.6 is 0 Å². The van der Waals surface area contributed by atoms with Crippen LogP contribution in [-0.4, -0.2) is 47.4 Å². The molecule has 0 aromatic carbocycles. The fraction of sp³-hybridized carbons (Fsp3) is 0.932. The van der Waals surface area contributed by atoms with E-state index in [1.54, 1.807) is 0 Å². The van der Waals surface area contributed by atoms with E-state index in [1.807, 2.05) is 0 Å². The normalized spacial score (nSPS) is 12.6. The van der Waals surface area contributed by atoms with Crippen molar-refractivity contribution in [3.8, 4) is 0 Å². The molecule has 0 heterocycles. The zero-order valence-electron chi connectivity index (χ0n) is 44.0. The van der Waals surface area contributed by atoms with Crippen molar-refractivity contribution in [1.29, 1.82) is 0 Å². The summed E-state index contributed by atoms with van der Waals surface area (Å²) in [7, 11) is 0. The lowest BCUT2D eigenvalue weighted by molar-refractivity contribution is -0.143. The number of unbranched alkanes of at least 4 members (excludes halogenated alkanes) is 42. The first-order valence-electron chi connectivity index (χ1n) is 29.4. The van der Waals surface area contributed by atoms with Gasteiger partial charge in [-0.1, -0.05) is 276 Å². The lowest BCUT2D eigenvalue weighted by Crippen LogP contribution is -2.45. The third kappa shape index (κ3) is 51.8. The summed E-state index contributed by atoms with van der Waals surface area (Å²) in [5.41, 5.74) is 0. The van der Waals surface area contributed by atoms with Gasteiger partial charge >= 0.3 is 5.97 Å². The Morgan fingerprint density at radius 1 is 0.415 bits per heavy atom. The van der Waals surface area contributed by atoms with Gasteiger partial charge in [0.05, 0.1) is 25.4 Å². The smallest absolute Gasteiger partial charge is 0.305 e. The third-order valence-corrected chi connectivity index (χ3v) is 13.8. The van der Waals surface area contributed by atoms with E-state index in [0.29, 0.717) is 25.9 Å². The molecule has 0 rings (SSSR count). The summed E-state index contributed by atoms with van der Waals surface area (Å²) in [6, 6.07) is -0.544.